The number of anilines is 1. The van der Waals surface area contributed by atoms with Crippen molar-refractivity contribution in [2.45, 2.75) is 18.9 Å². The Morgan fingerprint density at radius 3 is 2.78 bits per heavy atom. The van der Waals surface area contributed by atoms with Gasteiger partial charge in [0.25, 0.3) is 5.91 Å². The summed E-state index contributed by atoms with van der Waals surface area (Å²) in [7, 11) is 1.56. The number of hydrogen-bond acceptors (Lipinski definition) is 4. The van der Waals surface area contributed by atoms with E-state index in [-0.39, 0.29) is 5.91 Å². The first-order valence-electron chi connectivity index (χ1n) is 6.03. The number of carbonyl (C=O) groups excluding carboxylic acids is 1. The molecular formula is C13H18N2O2S. The number of benzene rings is 1. The van der Waals surface area contributed by atoms with Gasteiger partial charge in [-0.15, -0.1) is 0 Å². The molecule has 3 N–H and O–H groups in total. The van der Waals surface area contributed by atoms with Gasteiger partial charge in [0.1, 0.15) is 5.75 Å². The molecule has 4 nitrogen and oxygen atoms in total. The summed E-state index contributed by atoms with van der Waals surface area (Å²) in [5.41, 5.74) is 6.87. The van der Waals surface area contributed by atoms with Gasteiger partial charge >= 0.3 is 0 Å². The normalized spacial score (nSPS) is 16.3. The number of hydrogen-bond donors (Lipinski definition) is 2. The standard InChI is InChI=1S/C13H18N2O2S/c1-17-12-3-2-9(8-11(12)14)13(16)15-10-4-6-18-7-5-10/h2-3,8,10H,4-7,14H2,1H3,(H,15,16). The van der Waals surface area contributed by atoms with Crippen molar-refractivity contribution in [3.8, 4) is 5.75 Å². The smallest absolute Gasteiger partial charge is 0.251 e. The molecule has 1 aliphatic heterocycles. The van der Waals surface area contributed by atoms with E-state index in [1.54, 1.807) is 25.3 Å². The highest BCUT2D eigenvalue weighted by atomic mass is 32.2. The van der Waals surface area contributed by atoms with Crippen molar-refractivity contribution < 1.29 is 9.53 Å². The van der Waals surface area contributed by atoms with E-state index in [9.17, 15) is 4.79 Å². The SMILES string of the molecule is COc1ccc(C(=O)NC2CCSCC2)cc1N. The summed E-state index contributed by atoms with van der Waals surface area (Å²) >= 11 is 1.94. The van der Waals surface area contributed by atoms with Crippen LogP contribution < -0.4 is 15.8 Å². The first kappa shape index (κ1) is 13.1. The highest BCUT2D eigenvalue weighted by molar-refractivity contribution is 7.99. The van der Waals surface area contributed by atoms with Crippen LogP contribution in [0.3, 0.4) is 0 Å². The quantitative estimate of drug-likeness (QED) is 0.820. The van der Waals surface area contributed by atoms with E-state index >= 15 is 0 Å². The summed E-state index contributed by atoms with van der Waals surface area (Å²) < 4.78 is 5.07. The van der Waals surface area contributed by atoms with Crippen molar-refractivity contribution in [3.05, 3.63) is 23.8 Å². The molecule has 0 aromatic heterocycles. The maximum absolute atomic E-state index is 12.1. The van der Waals surface area contributed by atoms with E-state index in [2.05, 4.69) is 5.32 Å². The molecule has 0 saturated carbocycles. The summed E-state index contributed by atoms with van der Waals surface area (Å²) in [4.78, 5) is 12.1. The Morgan fingerprint density at radius 1 is 1.44 bits per heavy atom. The van der Waals surface area contributed by atoms with E-state index in [0.717, 1.165) is 24.3 Å². The van der Waals surface area contributed by atoms with E-state index in [1.807, 2.05) is 11.8 Å². The van der Waals surface area contributed by atoms with E-state index in [1.165, 1.54) is 0 Å². The van der Waals surface area contributed by atoms with Crippen LogP contribution in [-0.4, -0.2) is 30.6 Å². The highest BCUT2D eigenvalue weighted by Gasteiger charge is 2.17. The van der Waals surface area contributed by atoms with Gasteiger partial charge in [0.05, 0.1) is 12.8 Å². The average Bonchev–Trinajstić information content (AvgIpc) is 2.39. The van der Waals surface area contributed by atoms with Gasteiger partial charge in [-0.3, -0.25) is 4.79 Å². The van der Waals surface area contributed by atoms with Crippen LogP contribution in [-0.2, 0) is 0 Å². The number of methoxy groups -OCH3 is 1. The van der Waals surface area contributed by atoms with Crippen LogP contribution in [0.15, 0.2) is 18.2 Å². The monoisotopic (exact) mass is 266 g/mol. The van der Waals surface area contributed by atoms with Crippen LogP contribution >= 0.6 is 11.8 Å². The average molecular weight is 266 g/mol. The Morgan fingerprint density at radius 2 is 2.17 bits per heavy atom. The van der Waals surface area contributed by atoms with Crippen LogP contribution in [0.2, 0.25) is 0 Å². The van der Waals surface area contributed by atoms with Gasteiger partial charge in [-0.05, 0) is 42.5 Å². The molecule has 98 valence electrons. The molecular weight excluding hydrogens is 248 g/mol. The fourth-order valence-electron chi connectivity index (χ4n) is 1.99. The lowest BCUT2D eigenvalue weighted by atomic mass is 10.1. The molecule has 1 amide bonds. The maximum atomic E-state index is 12.1. The molecule has 1 heterocycles. The van der Waals surface area contributed by atoms with Gasteiger partial charge in [0.2, 0.25) is 0 Å². The number of carbonyl (C=O) groups is 1. The van der Waals surface area contributed by atoms with Gasteiger partial charge in [0, 0.05) is 11.6 Å². The highest BCUT2D eigenvalue weighted by Crippen LogP contribution is 2.22. The first-order valence-corrected chi connectivity index (χ1v) is 7.18. The first-order chi connectivity index (χ1) is 8.70. The Kier molecular flexibility index (Phi) is 4.36. The van der Waals surface area contributed by atoms with Crippen molar-refractivity contribution in [1.82, 2.24) is 5.32 Å². The van der Waals surface area contributed by atoms with Gasteiger partial charge < -0.3 is 15.8 Å². The van der Waals surface area contributed by atoms with Gasteiger partial charge in [-0.2, -0.15) is 11.8 Å². The largest absolute Gasteiger partial charge is 0.495 e. The van der Waals surface area contributed by atoms with Crippen molar-refractivity contribution in [2.75, 3.05) is 24.3 Å². The molecule has 18 heavy (non-hydrogen) atoms. The minimum Gasteiger partial charge on any atom is -0.495 e. The van der Waals surface area contributed by atoms with Gasteiger partial charge in [-0.25, -0.2) is 0 Å². The van der Waals surface area contributed by atoms with E-state index in [0.29, 0.717) is 23.0 Å². The van der Waals surface area contributed by atoms with E-state index in [4.69, 9.17) is 10.5 Å². The predicted molar refractivity (Wildman–Crippen MR) is 75.2 cm³/mol. The summed E-state index contributed by atoms with van der Waals surface area (Å²) in [6, 6.07) is 5.41. The minimum atomic E-state index is -0.0544. The molecule has 0 spiro atoms. The topological polar surface area (TPSA) is 64.3 Å². The Labute approximate surface area is 111 Å². The zero-order chi connectivity index (χ0) is 13.0. The maximum Gasteiger partial charge on any atom is 0.251 e. The number of nitrogen functional groups attached to an aromatic ring is 1. The lowest BCUT2D eigenvalue weighted by Gasteiger charge is -2.22. The van der Waals surface area contributed by atoms with Gasteiger partial charge in [-0.1, -0.05) is 0 Å². The minimum absolute atomic E-state index is 0.0544. The molecule has 0 radical (unpaired) electrons. The molecule has 5 heteroatoms. The molecule has 0 atom stereocenters. The number of nitrogens with two attached hydrogens (primary N) is 1. The second kappa shape index (κ2) is 6.00. The third-order valence-electron chi connectivity index (χ3n) is 3.05. The Bertz CT molecular complexity index is 431. The van der Waals surface area contributed by atoms with Crippen molar-refractivity contribution >= 4 is 23.4 Å². The van der Waals surface area contributed by atoms with Crippen LogP contribution in [0, 0.1) is 0 Å². The van der Waals surface area contributed by atoms with Crippen LogP contribution in [0.1, 0.15) is 23.2 Å². The second-order valence-electron chi connectivity index (χ2n) is 4.32. The molecule has 1 aromatic carbocycles. The predicted octanol–water partition coefficient (Wildman–Crippen LogP) is 1.90. The molecule has 1 aliphatic rings. The third-order valence-corrected chi connectivity index (χ3v) is 4.10. The molecule has 1 aromatic rings. The number of amides is 1. The fraction of sp³-hybridized carbons (Fsp3) is 0.462. The van der Waals surface area contributed by atoms with E-state index < -0.39 is 0 Å². The van der Waals surface area contributed by atoms with Crippen LogP contribution in [0.25, 0.3) is 0 Å². The number of ether oxygens (including phenoxy) is 1. The molecule has 1 saturated heterocycles. The lowest BCUT2D eigenvalue weighted by molar-refractivity contribution is 0.0935. The molecule has 1 fully saturated rings. The van der Waals surface area contributed by atoms with Crippen molar-refractivity contribution in [3.63, 3.8) is 0 Å². The third kappa shape index (κ3) is 3.10. The summed E-state index contributed by atoms with van der Waals surface area (Å²) in [5.74, 6) is 2.78. The number of rotatable bonds is 3. The summed E-state index contributed by atoms with van der Waals surface area (Å²) in [5, 5.41) is 3.05. The zero-order valence-corrected chi connectivity index (χ0v) is 11.3. The fourth-order valence-corrected chi connectivity index (χ4v) is 3.09. The number of nitrogens with one attached hydrogen (secondary N) is 1. The summed E-state index contributed by atoms with van der Waals surface area (Å²) in [6.45, 7) is 0. The lowest BCUT2D eigenvalue weighted by Crippen LogP contribution is -2.37. The van der Waals surface area contributed by atoms with Crippen LogP contribution in [0.5, 0.6) is 5.75 Å². The molecule has 0 bridgehead atoms. The van der Waals surface area contributed by atoms with Gasteiger partial charge in [0.15, 0.2) is 0 Å². The Balaban J connectivity index is 2.01. The molecule has 0 aliphatic carbocycles. The van der Waals surface area contributed by atoms with Crippen LogP contribution in [0.4, 0.5) is 5.69 Å². The zero-order valence-electron chi connectivity index (χ0n) is 10.4. The number of thioether (sulfide) groups is 1. The molecule has 2 rings (SSSR count). The van der Waals surface area contributed by atoms with Crippen molar-refractivity contribution in [1.29, 1.82) is 0 Å². The molecule has 0 unspecified atom stereocenters. The van der Waals surface area contributed by atoms with Crippen molar-refractivity contribution in [2.24, 2.45) is 0 Å². The Hall–Kier alpha value is -1.36. The second-order valence-corrected chi connectivity index (χ2v) is 5.54. The summed E-state index contributed by atoms with van der Waals surface area (Å²) in [6.07, 6.45) is 2.09.